The summed E-state index contributed by atoms with van der Waals surface area (Å²) in [5, 5.41) is 0. The number of benzene rings is 1. The highest BCUT2D eigenvalue weighted by molar-refractivity contribution is 5.81. The number of amides is 1. The van der Waals surface area contributed by atoms with Gasteiger partial charge in [-0.05, 0) is 30.5 Å². The van der Waals surface area contributed by atoms with Gasteiger partial charge in [-0.1, -0.05) is 26.0 Å². The van der Waals surface area contributed by atoms with Gasteiger partial charge in [-0.3, -0.25) is 4.79 Å². The lowest BCUT2D eigenvalue weighted by atomic mass is 10.0. The number of hydrogen-bond donors (Lipinski definition) is 0. The van der Waals surface area contributed by atoms with E-state index in [4.69, 9.17) is 9.47 Å². The van der Waals surface area contributed by atoms with Crippen molar-refractivity contribution < 1.29 is 14.3 Å². The van der Waals surface area contributed by atoms with Crippen LogP contribution >= 0.6 is 0 Å². The average molecular weight is 277 g/mol. The van der Waals surface area contributed by atoms with E-state index in [-0.39, 0.29) is 5.91 Å². The molecular weight excluding hydrogens is 254 g/mol. The van der Waals surface area contributed by atoms with E-state index in [0.717, 1.165) is 5.75 Å². The van der Waals surface area contributed by atoms with E-state index in [1.807, 2.05) is 18.2 Å². The molecule has 1 fully saturated rings. The summed E-state index contributed by atoms with van der Waals surface area (Å²) in [7, 11) is 0. The maximum Gasteiger partial charge on any atom is 0.263 e. The molecule has 1 amide bonds. The van der Waals surface area contributed by atoms with E-state index < -0.39 is 6.10 Å². The molecule has 1 aromatic rings. The molecular formula is C16H23NO3. The monoisotopic (exact) mass is 277 g/mol. The lowest BCUT2D eigenvalue weighted by molar-refractivity contribution is -0.142. The molecule has 0 N–H and O–H groups in total. The number of carbonyl (C=O) groups excluding carboxylic acids is 1. The van der Waals surface area contributed by atoms with Crippen LogP contribution < -0.4 is 4.74 Å². The molecule has 1 heterocycles. The Morgan fingerprint density at radius 3 is 2.60 bits per heavy atom. The van der Waals surface area contributed by atoms with Gasteiger partial charge in [-0.2, -0.15) is 0 Å². The van der Waals surface area contributed by atoms with Gasteiger partial charge < -0.3 is 14.4 Å². The summed E-state index contributed by atoms with van der Waals surface area (Å²) in [6, 6.07) is 7.95. The number of carbonyl (C=O) groups is 1. The van der Waals surface area contributed by atoms with Crippen LogP contribution in [0, 0.1) is 0 Å². The van der Waals surface area contributed by atoms with Crippen molar-refractivity contribution in [2.45, 2.75) is 32.8 Å². The van der Waals surface area contributed by atoms with Crippen molar-refractivity contribution in [3.05, 3.63) is 29.8 Å². The first-order valence-electron chi connectivity index (χ1n) is 7.21. The first-order valence-corrected chi connectivity index (χ1v) is 7.21. The minimum Gasteiger partial charge on any atom is -0.481 e. The summed E-state index contributed by atoms with van der Waals surface area (Å²) < 4.78 is 11.0. The summed E-state index contributed by atoms with van der Waals surface area (Å²) in [4.78, 5) is 14.1. The zero-order chi connectivity index (χ0) is 14.5. The van der Waals surface area contributed by atoms with Gasteiger partial charge >= 0.3 is 0 Å². The van der Waals surface area contributed by atoms with Gasteiger partial charge in [0.15, 0.2) is 6.10 Å². The molecule has 0 saturated carbocycles. The fourth-order valence-electron chi connectivity index (χ4n) is 2.24. The van der Waals surface area contributed by atoms with Crippen LogP contribution in [0.1, 0.15) is 32.3 Å². The first-order chi connectivity index (χ1) is 9.58. The average Bonchev–Trinajstić information content (AvgIpc) is 2.47. The van der Waals surface area contributed by atoms with Crippen LogP contribution in [0.2, 0.25) is 0 Å². The van der Waals surface area contributed by atoms with E-state index in [0.29, 0.717) is 32.2 Å². The summed E-state index contributed by atoms with van der Waals surface area (Å²) >= 11 is 0. The Kier molecular flexibility index (Phi) is 5.01. The second kappa shape index (κ2) is 6.75. The van der Waals surface area contributed by atoms with E-state index in [1.165, 1.54) is 5.56 Å². The summed E-state index contributed by atoms with van der Waals surface area (Å²) in [6.07, 6.45) is -0.462. The first kappa shape index (κ1) is 14.9. The second-order valence-corrected chi connectivity index (χ2v) is 5.42. The van der Waals surface area contributed by atoms with Crippen molar-refractivity contribution in [2.75, 3.05) is 26.3 Å². The maximum atomic E-state index is 12.3. The normalized spacial score (nSPS) is 17.1. The van der Waals surface area contributed by atoms with Gasteiger partial charge in [0.25, 0.3) is 5.91 Å². The number of nitrogens with zero attached hydrogens (tertiary/aromatic N) is 1. The smallest absolute Gasteiger partial charge is 0.263 e. The predicted molar refractivity (Wildman–Crippen MR) is 78.0 cm³/mol. The molecule has 1 saturated heterocycles. The van der Waals surface area contributed by atoms with Crippen LogP contribution in [0.5, 0.6) is 5.75 Å². The number of hydrogen-bond acceptors (Lipinski definition) is 3. The van der Waals surface area contributed by atoms with Crippen molar-refractivity contribution in [1.82, 2.24) is 4.90 Å². The van der Waals surface area contributed by atoms with Gasteiger partial charge in [0.05, 0.1) is 13.2 Å². The Labute approximate surface area is 120 Å². The minimum absolute atomic E-state index is 0.0308. The van der Waals surface area contributed by atoms with Crippen LogP contribution in [0.25, 0.3) is 0 Å². The van der Waals surface area contributed by atoms with Crippen LogP contribution in [0.15, 0.2) is 24.3 Å². The lowest BCUT2D eigenvalue weighted by Crippen LogP contribution is -2.46. The van der Waals surface area contributed by atoms with E-state index in [9.17, 15) is 4.79 Å². The molecule has 20 heavy (non-hydrogen) atoms. The van der Waals surface area contributed by atoms with Gasteiger partial charge in [0.2, 0.25) is 0 Å². The van der Waals surface area contributed by atoms with Crippen molar-refractivity contribution in [3.63, 3.8) is 0 Å². The molecule has 4 heteroatoms. The topological polar surface area (TPSA) is 38.8 Å². The zero-order valence-corrected chi connectivity index (χ0v) is 12.5. The molecule has 4 nitrogen and oxygen atoms in total. The van der Waals surface area contributed by atoms with Crippen LogP contribution in [-0.4, -0.2) is 43.2 Å². The summed E-state index contributed by atoms with van der Waals surface area (Å²) in [5.74, 6) is 1.23. The molecule has 1 aromatic carbocycles. The highest BCUT2D eigenvalue weighted by atomic mass is 16.5. The lowest BCUT2D eigenvalue weighted by Gasteiger charge is -2.29. The number of ether oxygens (including phenoxy) is 2. The molecule has 0 aliphatic carbocycles. The Morgan fingerprint density at radius 1 is 1.25 bits per heavy atom. The van der Waals surface area contributed by atoms with E-state index in [2.05, 4.69) is 19.9 Å². The molecule has 1 atom stereocenters. The highest BCUT2D eigenvalue weighted by Gasteiger charge is 2.23. The van der Waals surface area contributed by atoms with E-state index >= 15 is 0 Å². The molecule has 0 spiro atoms. The number of rotatable bonds is 4. The zero-order valence-electron chi connectivity index (χ0n) is 12.5. The Morgan fingerprint density at radius 2 is 1.95 bits per heavy atom. The van der Waals surface area contributed by atoms with Crippen LogP contribution in [0.3, 0.4) is 0 Å². The van der Waals surface area contributed by atoms with Gasteiger partial charge in [0, 0.05) is 13.1 Å². The third-order valence-electron chi connectivity index (χ3n) is 3.51. The number of morpholine rings is 1. The van der Waals surface area contributed by atoms with Crippen molar-refractivity contribution in [2.24, 2.45) is 0 Å². The van der Waals surface area contributed by atoms with Crippen molar-refractivity contribution in [1.29, 1.82) is 0 Å². The third kappa shape index (κ3) is 3.73. The molecule has 0 radical (unpaired) electrons. The van der Waals surface area contributed by atoms with Crippen molar-refractivity contribution >= 4 is 5.91 Å². The van der Waals surface area contributed by atoms with Gasteiger partial charge in [-0.25, -0.2) is 0 Å². The Balaban J connectivity index is 1.97. The predicted octanol–water partition coefficient (Wildman–Crippen LogP) is 2.44. The Hall–Kier alpha value is -1.55. The van der Waals surface area contributed by atoms with E-state index in [1.54, 1.807) is 11.8 Å². The highest BCUT2D eigenvalue weighted by Crippen LogP contribution is 2.21. The molecule has 0 bridgehead atoms. The fraction of sp³-hybridized carbons (Fsp3) is 0.562. The largest absolute Gasteiger partial charge is 0.481 e. The molecule has 1 aliphatic heterocycles. The minimum atomic E-state index is -0.462. The van der Waals surface area contributed by atoms with Crippen molar-refractivity contribution in [3.8, 4) is 5.75 Å². The molecule has 1 unspecified atom stereocenters. The van der Waals surface area contributed by atoms with Gasteiger partial charge in [0.1, 0.15) is 5.75 Å². The Bertz CT molecular complexity index is 453. The van der Waals surface area contributed by atoms with Gasteiger partial charge in [-0.15, -0.1) is 0 Å². The molecule has 0 aromatic heterocycles. The standard InChI is InChI=1S/C16H23NO3/c1-12(2)14-5-4-6-15(11-14)20-13(3)16(18)17-7-9-19-10-8-17/h4-6,11-13H,7-10H2,1-3H3. The molecule has 110 valence electrons. The van der Waals surface area contributed by atoms with Crippen LogP contribution in [-0.2, 0) is 9.53 Å². The maximum absolute atomic E-state index is 12.3. The SMILES string of the molecule is CC(Oc1cccc(C(C)C)c1)C(=O)N1CCOCC1. The van der Waals surface area contributed by atoms with Crippen LogP contribution in [0.4, 0.5) is 0 Å². The molecule has 2 rings (SSSR count). The summed E-state index contributed by atoms with van der Waals surface area (Å²) in [6.45, 7) is 8.61. The second-order valence-electron chi connectivity index (χ2n) is 5.42. The fourth-order valence-corrected chi connectivity index (χ4v) is 2.24. The third-order valence-corrected chi connectivity index (χ3v) is 3.51. The quantitative estimate of drug-likeness (QED) is 0.848. The summed E-state index contributed by atoms with van der Waals surface area (Å²) in [5.41, 5.74) is 1.22. The molecule has 1 aliphatic rings.